The number of aliphatic hydroxyl groups excluding tert-OH is 3. The first-order valence-corrected chi connectivity index (χ1v) is 21.3. The van der Waals surface area contributed by atoms with Crippen LogP contribution in [0.3, 0.4) is 0 Å². The van der Waals surface area contributed by atoms with E-state index in [9.17, 15) is 28.5 Å². The molecule has 6 unspecified atom stereocenters. The molecule has 4 N–H and O–H groups in total. The van der Waals surface area contributed by atoms with Crippen LogP contribution in [0, 0.1) is 0 Å². The Kier molecular flexibility index (Phi) is 29.3. The topological polar surface area (TPSA) is 178 Å². The van der Waals surface area contributed by atoms with E-state index >= 15 is 0 Å². The SMILES string of the molecule is CCC/C=C\CCCCCCCC(=O)OC(COCCCCCCCCCCCCCCCC)COC1OC(CO)C(O)C(OS(=O)(=O)O)C1O. The van der Waals surface area contributed by atoms with Crippen LogP contribution in [0.4, 0.5) is 0 Å². The van der Waals surface area contributed by atoms with E-state index in [4.69, 9.17) is 23.5 Å². The number of esters is 1. The lowest BCUT2D eigenvalue weighted by atomic mass is 9.99. The van der Waals surface area contributed by atoms with Crippen LogP contribution in [0.25, 0.3) is 0 Å². The van der Waals surface area contributed by atoms with Crippen LogP contribution < -0.4 is 0 Å². The van der Waals surface area contributed by atoms with Crippen molar-refractivity contribution >= 4 is 16.4 Å². The van der Waals surface area contributed by atoms with Gasteiger partial charge in [0.1, 0.15) is 30.5 Å². The highest BCUT2D eigenvalue weighted by Gasteiger charge is 2.48. The number of allylic oxidation sites excluding steroid dienone is 2. The van der Waals surface area contributed by atoms with E-state index in [0.29, 0.717) is 13.0 Å². The number of hydrogen-bond acceptors (Lipinski definition) is 11. The van der Waals surface area contributed by atoms with Crippen molar-refractivity contribution in [3.8, 4) is 0 Å². The van der Waals surface area contributed by atoms with Crippen molar-refractivity contribution in [3.05, 3.63) is 12.2 Å². The first kappa shape index (κ1) is 47.9. The summed E-state index contributed by atoms with van der Waals surface area (Å²) in [5, 5.41) is 30.5. The van der Waals surface area contributed by atoms with E-state index in [1.165, 1.54) is 70.6 Å². The summed E-state index contributed by atoms with van der Waals surface area (Å²) >= 11 is 0. The van der Waals surface area contributed by atoms with Crippen LogP contribution in [0.15, 0.2) is 12.2 Å². The lowest BCUT2D eigenvalue weighted by Crippen LogP contribution is -2.60. The molecule has 302 valence electrons. The van der Waals surface area contributed by atoms with E-state index in [1.54, 1.807) is 0 Å². The summed E-state index contributed by atoms with van der Waals surface area (Å²) in [6.07, 6.45) is 21.2. The standard InChI is InChI=1S/C38H72O12S/c1-3-5-7-9-11-13-15-16-17-18-20-22-24-26-28-46-30-32(48-34(40)27-25-23-21-19-14-12-10-8-6-4-2)31-47-38-36(42)37(50-51(43,44)45)35(41)33(29-39)49-38/h8,10,32-33,35-39,41-42H,3-7,9,11-31H2,1-2H3,(H,43,44,45)/b10-8-. The van der Waals surface area contributed by atoms with Gasteiger partial charge in [0.15, 0.2) is 6.29 Å². The molecule has 1 saturated heterocycles. The molecule has 1 rings (SSSR count). The monoisotopic (exact) mass is 752 g/mol. The van der Waals surface area contributed by atoms with Gasteiger partial charge in [0, 0.05) is 13.0 Å². The molecule has 0 aromatic heterocycles. The lowest BCUT2D eigenvalue weighted by molar-refractivity contribution is -0.301. The van der Waals surface area contributed by atoms with Crippen molar-refractivity contribution in [1.82, 2.24) is 0 Å². The van der Waals surface area contributed by atoms with Gasteiger partial charge in [0.25, 0.3) is 0 Å². The second kappa shape index (κ2) is 31.2. The molecule has 13 heteroatoms. The highest BCUT2D eigenvalue weighted by molar-refractivity contribution is 7.80. The van der Waals surface area contributed by atoms with Crippen molar-refractivity contribution in [2.24, 2.45) is 0 Å². The Morgan fingerprint density at radius 3 is 1.84 bits per heavy atom. The van der Waals surface area contributed by atoms with Gasteiger partial charge in [-0.05, 0) is 32.1 Å². The minimum absolute atomic E-state index is 0.0373. The first-order chi connectivity index (χ1) is 24.6. The van der Waals surface area contributed by atoms with Crippen LogP contribution in [-0.2, 0) is 38.3 Å². The molecular weight excluding hydrogens is 680 g/mol. The van der Waals surface area contributed by atoms with E-state index in [0.717, 1.165) is 64.2 Å². The molecule has 1 aliphatic rings. The molecule has 6 atom stereocenters. The van der Waals surface area contributed by atoms with Gasteiger partial charge in [-0.2, -0.15) is 8.42 Å². The summed E-state index contributed by atoms with van der Waals surface area (Å²) in [7, 11) is -5.05. The molecule has 0 saturated carbocycles. The van der Waals surface area contributed by atoms with Crippen molar-refractivity contribution in [1.29, 1.82) is 0 Å². The number of carbonyl (C=O) groups is 1. The number of hydrogen-bond donors (Lipinski definition) is 4. The Balaban J connectivity index is 2.48. The summed E-state index contributed by atoms with van der Waals surface area (Å²) in [6.45, 7) is 3.91. The molecule has 1 heterocycles. The van der Waals surface area contributed by atoms with Crippen LogP contribution in [0.1, 0.15) is 162 Å². The molecule has 0 aromatic carbocycles. The van der Waals surface area contributed by atoms with Gasteiger partial charge in [0.2, 0.25) is 0 Å². The van der Waals surface area contributed by atoms with Crippen molar-refractivity contribution in [2.45, 2.75) is 198 Å². The average Bonchev–Trinajstić information content (AvgIpc) is 3.09. The molecule has 1 aliphatic heterocycles. The number of ether oxygens (including phenoxy) is 4. The van der Waals surface area contributed by atoms with Gasteiger partial charge in [-0.25, -0.2) is 4.18 Å². The fraction of sp³-hybridized carbons (Fsp3) is 0.921. The normalized spacial score (nSPS) is 21.7. The Bertz CT molecular complexity index is 963. The quantitative estimate of drug-likeness (QED) is 0.0227. The molecule has 0 aromatic rings. The molecule has 51 heavy (non-hydrogen) atoms. The van der Waals surface area contributed by atoms with Gasteiger partial charge in [-0.1, -0.05) is 135 Å². The summed E-state index contributed by atoms with van der Waals surface area (Å²) in [5.74, 6) is -0.410. The van der Waals surface area contributed by atoms with Crippen LogP contribution in [0.2, 0.25) is 0 Å². The van der Waals surface area contributed by atoms with Gasteiger partial charge >= 0.3 is 16.4 Å². The second-order valence-corrected chi connectivity index (χ2v) is 14.9. The third-order valence-corrected chi connectivity index (χ3v) is 9.58. The molecule has 12 nitrogen and oxygen atoms in total. The van der Waals surface area contributed by atoms with E-state index in [-0.39, 0.29) is 19.6 Å². The predicted octanol–water partition coefficient (Wildman–Crippen LogP) is 7.13. The van der Waals surface area contributed by atoms with Crippen molar-refractivity contribution in [3.63, 3.8) is 0 Å². The zero-order valence-corrected chi connectivity index (χ0v) is 32.5. The number of rotatable bonds is 34. The molecule has 0 bridgehead atoms. The predicted molar refractivity (Wildman–Crippen MR) is 198 cm³/mol. The Labute approximate surface area is 308 Å². The van der Waals surface area contributed by atoms with Gasteiger partial charge in [-0.15, -0.1) is 0 Å². The van der Waals surface area contributed by atoms with E-state index in [2.05, 4.69) is 30.2 Å². The molecule has 0 amide bonds. The van der Waals surface area contributed by atoms with Gasteiger partial charge in [0.05, 0.1) is 19.8 Å². The Morgan fingerprint density at radius 1 is 0.725 bits per heavy atom. The largest absolute Gasteiger partial charge is 0.457 e. The second-order valence-electron chi connectivity index (χ2n) is 13.9. The minimum atomic E-state index is -5.05. The number of aliphatic hydroxyl groups is 3. The smallest absolute Gasteiger partial charge is 0.397 e. The maximum Gasteiger partial charge on any atom is 0.397 e. The highest BCUT2D eigenvalue weighted by Crippen LogP contribution is 2.26. The minimum Gasteiger partial charge on any atom is -0.457 e. The maximum atomic E-state index is 12.7. The van der Waals surface area contributed by atoms with E-state index < -0.39 is 59.8 Å². The fourth-order valence-electron chi connectivity index (χ4n) is 6.09. The van der Waals surface area contributed by atoms with E-state index in [1.807, 2.05) is 0 Å². The van der Waals surface area contributed by atoms with Crippen LogP contribution >= 0.6 is 0 Å². The number of unbranched alkanes of at least 4 members (excludes halogenated alkanes) is 19. The molecule has 0 spiro atoms. The summed E-state index contributed by atoms with van der Waals surface area (Å²) < 4.78 is 58.7. The molecular formula is C38H72O12S. The van der Waals surface area contributed by atoms with Gasteiger partial charge in [-0.3, -0.25) is 9.35 Å². The third kappa shape index (κ3) is 25.5. The summed E-state index contributed by atoms with van der Waals surface area (Å²) in [6, 6.07) is 0. The lowest BCUT2D eigenvalue weighted by Gasteiger charge is -2.41. The highest BCUT2D eigenvalue weighted by atomic mass is 32.3. The van der Waals surface area contributed by atoms with Crippen molar-refractivity contribution in [2.75, 3.05) is 26.4 Å². The fourth-order valence-corrected chi connectivity index (χ4v) is 6.59. The van der Waals surface area contributed by atoms with Crippen LogP contribution in [-0.4, -0.2) is 97.5 Å². The summed E-state index contributed by atoms with van der Waals surface area (Å²) in [5.41, 5.74) is 0. The molecule has 0 aliphatic carbocycles. The maximum absolute atomic E-state index is 12.7. The third-order valence-electron chi connectivity index (χ3n) is 9.12. The number of carbonyl (C=O) groups excluding carboxylic acids is 1. The Hall–Kier alpha value is -1.16. The zero-order chi connectivity index (χ0) is 37.6. The first-order valence-electron chi connectivity index (χ1n) is 19.9. The van der Waals surface area contributed by atoms with Crippen LogP contribution in [0.5, 0.6) is 0 Å². The molecule has 1 fully saturated rings. The Morgan fingerprint density at radius 2 is 1.27 bits per heavy atom. The average molecular weight is 753 g/mol. The van der Waals surface area contributed by atoms with Gasteiger partial charge < -0.3 is 34.3 Å². The summed E-state index contributed by atoms with van der Waals surface area (Å²) in [4.78, 5) is 12.7. The van der Waals surface area contributed by atoms with Crippen molar-refractivity contribution < 1.29 is 56.2 Å². The zero-order valence-electron chi connectivity index (χ0n) is 31.7. The molecule has 0 radical (unpaired) electrons.